The summed E-state index contributed by atoms with van der Waals surface area (Å²) in [7, 11) is 1.68. The Bertz CT molecular complexity index is 576. The van der Waals surface area contributed by atoms with Gasteiger partial charge in [-0.15, -0.1) is 0 Å². The van der Waals surface area contributed by atoms with E-state index >= 15 is 0 Å². The van der Waals surface area contributed by atoms with Gasteiger partial charge in [0.05, 0.1) is 12.8 Å². The standard InChI is InChI=1S/C17H18FNO/c1-20-17-5-3-2-4-16(17)19-15-10-13(11-15)12-6-8-14(18)9-7-12/h2-9,13,15,19H,10-11H2,1H3. The molecule has 0 aliphatic heterocycles. The number of rotatable bonds is 4. The molecule has 1 fully saturated rings. The third-order valence-corrected chi connectivity index (χ3v) is 3.95. The molecule has 0 unspecified atom stereocenters. The van der Waals surface area contributed by atoms with Crippen molar-refractivity contribution >= 4 is 5.69 Å². The third-order valence-electron chi connectivity index (χ3n) is 3.95. The molecule has 1 aliphatic rings. The number of anilines is 1. The quantitative estimate of drug-likeness (QED) is 0.900. The second-order valence-electron chi connectivity index (χ2n) is 5.26. The van der Waals surface area contributed by atoms with E-state index in [0.717, 1.165) is 24.3 Å². The van der Waals surface area contributed by atoms with E-state index in [9.17, 15) is 4.39 Å². The largest absolute Gasteiger partial charge is 0.495 e. The van der Waals surface area contributed by atoms with Crippen LogP contribution in [0.4, 0.5) is 10.1 Å². The zero-order chi connectivity index (χ0) is 13.9. The minimum Gasteiger partial charge on any atom is -0.495 e. The maximum absolute atomic E-state index is 12.9. The topological polar surface area (TPSA) is 21.3 Å². The monoisotopic (exact) mass is 271 g/mol. The molecule has 3 rings (SSSR count). The Morgan fingerprint density at radius 2 is 1.75 bits per heavy atom. The highest BCUT2D eigenvalue weighted by molar-refractivity contribution is 5.57. The van der Waals surface area contributed by atoms with Crippen LogP contribution in [0.25, 0.3) is 0 Å². The van der Waals surface area contributed by atoms with Crippen molar-refractivity contribution in [2.45, 2.75) is 24.8 Å². The van der Waals surface area contributed by atoms with Crippen molar-refractivity contribution in [3.05, 3.63) is 59.9 Å². The zero-order valence-electron chi connectivity index (χ0n) is 11.5. The summed E-state index contributed by atoms with van der Waals surface area (Å²) in [6, 6.07) is 15.3. The van der Waals surface area contributed by atoms with Crippen molar-refractivity contribution in [3.63, 3.8) is 0 Å². The molecule has 3 heteroatoms. The second kappa shape index (κ2) is 5.53. The maximum Gasteiger partial charge on any atom is 0.141 e. The van der Waals surface area contributed by atoms with Gasteiger partial charge in [0.25, 0.3) is 0 Å². The van der Waals surface area contributed by atoms with Gasteiger partial charge in [0.1, 0.15) is 11.6 Å². The normalized spacial score (nSPS) is 21.1. The first-order valence-corrected chi connectivity index (χ1v) is 6.91. The van der Waals surface area contributed by atoms with Gasteiger partial charge in [0.2, 0.25) is 0 Å². The molecular weight excluding hydrogens is 253 g/mol. The average molecular weight is 271 g/mol. The van der Waals surface area contributed by atoms with Gasteiger partial charge in [-0.3, -0.25) is 0 Å². The number of benzene rings is 2. The summed E-state index contributed by atoms with van der Waals surface area (Å²) in [5.41, 5.74) is 2.27. The predicted molar refractivity (Wildman–Crippen MR) is 78.8 cm³/mol. The van der Waals surface area contributed by atoms with Gasteiger partial charge in [-0.05, 0) is 48.6 Å². The molecule has 1 N–H and O–H groups in total. The van der Waals surface area contributed by atoms with Crippen molar-refractivity contribution in [1.29, 1.82) is 0 Å². The van der Waals surface area contributed by atoms with Gasteiger partial charge in [0.15, 0.2) is 0 Å². The molecular formula is C17H18FNO. The molecule has 2 aromatic carbocycles. The van der Waals surface area contributed by atoms with Crippen LogP contribution in [0.15, 0.2) is 48.5 Å². The van der Waals surface area contributed by atoms with E-state index in [1.165, 1.54) is 17.7 Å². The van der Waals surface area contributed by atoms with Crippen LogP contribution in [-0.4, -0.2) is 13.2 Å². The van der Waals surface area contributed by atoms with Gasteiger partial charge >= 0.3 is 0 Å². The van der Waals surface area contributed by atoms with Crippen LogP contribution in [0.3, 0.4) is 0 Å². The molecule has 0 saturated heterocycles. The van der Waals surface area contributed by atoms with Crippen LogP contribution in [0.5, 0.6) is 5.75 Å². The minimum atomic E-state index is -0.170. The van der Waals surface area contributed by atoms with E-state index in [4.69, 9.17) is 4.74 Å². The molecule has 1 saturated carbocycles. The van der Waals surface area contributed by atoms with Gasteiger partial charge in [-0.25, -0.2) is 4.39 Å². The Morgan fingerprint density at radius 1 is 1.05 bits per heavy atom. The molecule has 20 heavy (non-hydrogen) atoms. The second-order valence-corrected chi connectivity index (χ2v) is 5.26. The Morgan fingerprint density at radius 3 is 2.45 bits per heavy atom. The van der Waals surface area contributed by atoms with Crippen LogP contribution in [0.1, 0.15) is 24.3 Å². The summed E-state index contributed by atoms with van der Waals surface area (Å²) in [5.74, 6) is 1.23. The van der Waals surface area contributed by atoms with E-state index in [0.29, 0.717) is 12.0 Å². The SMILES string of the molecule is COc1ccccc1NC1CC(c2ccc(F)cc2)C1. The molecule has 0 heterocycles. The first-order valence-electron chi connectivity index (χ1n) is 6.91. The highest BCUT2D eigenvalue weighted by Gasteiger charge is 2.30. The lowest BCUT2D eigenvalue weighted by atomic mass is 9.76. The molecule has 104 valence electrons. The number of hydrogen-bond donors (Lipinski definition) is 1. The summed E-state index contributed by atoms with van der Waals surface area (Å²) in [6.45, 7) is 0. The molecule has 2 aromatic rings. The molecule has 2 nitrogen and oxygen atoms in total. The minimum absolute atomic E-state index is 0.170. The maximum atomic E-state index is 12.9. The van der Waals surface area contributed by atoms with Gasteiger partial charge in [0, 0.05) is 6.04 Å². The number of para-hydroxylation sites is 2. The third kappa shape index (κ3) is 2.62. The summed E-state index contributed by atoms with van der Waals surface area (Å²) in [6.07, 6.45) is 2.15. The fourth-order valence-electron chi connectivity index (χ4n) is 2.73. The van der Waals surface area contributed by atoms with Crippen LogP contribution in [-0.2, 0) is 0 Å². The Hall–Kier alpha value is -2.03. The number of nitrogens with one attached hydrogen (secondary N) is 1. The van der Waals surface area contributed by atoms with E-state index < -0.39 is 0 Å². The Kier molecular flexibility index (Phi) is 3.59. The number of ether oxygens (including phenoxy) is 1. The zero-order valence-corrected chi connectivity index (χ0v) is 11.5. The average Bonchev–Trinajstić information content (AvgIpc) is 2.44. The van der Waals surface area contributed by atoms with Crippen molar-refractivity contribution in [3.8, 4) is 5.75 Å². The van der Waals surface area contributed by atoms with Crippen molar-refractivity contribution in [2.75, 3.05) is 12.4 Å². The van der Waals surface area contributed by atoms with Gasteiger partial charge in [-0.2, -0.15) is 0 Å². The lowest BCUT2D eigenvalue weighted by Gasteiger charge is -2.37. The molecule has 0 bridgehead atoms. The molecule has 1 aliphatic carbocycles. The predicted octanol–water partition coefficient (Wildman–Crippen LogP) is 4.19. The number of hydrogen-bond acceptors (Lipinski definition) is 2. The summed E-state index contributed by atoms with van der Waals surface area (Å²) in [5, 5.41) is 3.51. The van der Waals surface area contributed by atoms with Gasteiger partial charge < -0.3 is 10.1 Å². The van der Waals surface area contributed by atoms with E-state index in [1.54, 1.807) is 7.11 Å². The van der Waals surface area contributed by atoms with Crippen LogP contribution in [0, 0.1) is 5.82 Å². The number of halogens is 1. The van der Waals surface area contributed by atoms with E-state index in [1.807, 2.05) is 36.4 Å². The molecule has 0 atom stereocenters. The van der Waals surface area contributed by atoms with Crippen molar-refractivity contribution < 1.29 is 9.13 Å². The summed E-state index contributed by atoms with van der Waals surface area (Å²) in [4.78, 5) is 0. The van der Waals surface area contributed by atoms with Crippen molar-refractivity contribution in [2.24, 2.45) is 0 Å². The fraction of sp³-hybridized carbons (Fsp3) is 0.294. The lowest BCUT2D eigenvalue weighted by Crippen LogP contribution is -2.34. The Balaban J connectivity index is 1.59. The fourth-order valence-corrected chi connectivity index (χ4v) is 2.73. The van der Waals surface area contributed by atoms with Crippen molar-refractivity contribution in [1.82, 2.24) is 0 Å². The summed E-state index contributed by atoms with van der Waals surface area (Å²) >= 11 is 0. The van der Waals surface area contributed by atoms with Crippen LogP contribution in [0.2, 0.25) is 0 Å². The first-order chi connectivity index (χ1) is 9.76. The molecule has 0 amide bonds. The molecule has 0 spiro atoms. The van der Waals surface area contributed by atoms with E-state index in [-0.39, 0.29) is 5.82 Å². The molecule has 0 radical (unpaired) electrons. The first kappa shape index (κ1) is 13.0. The van der Waals surface area contributed by atoms with Crippen LogP contribution >= 0.6 is 0 Å². The van der Waals surface area contributed by atoms with Crippen LogP contribution < -0.4 is 10.1 Å². The molecule has 0 aromatic heterocycles. The number of methoxy groups -OCH3 is 1. The van der Waals surface area contributed by atoms with Gasteiger partial charge in [-0.1, -0.05) is 24.3 Å². The Labute approximate surface area is 118 Å². The smallest absolute Gasteiger partial charge is 0.141 e. The summed E-state index contributed by atoms with van der Waals surface area (Å²) < 4.78 is 18.2. The highest BCUT2D eigenvalue weighted by atomic mass is 19.1. The van der Waals surface area contributed by atoms with E-state index in [2.05, 4.69) is 5.32 Å². The lowest BCUT2D eigenvalue weighted by molar-refractivity contribution is 0.370. The highest BCUT2D eigenvalue weighted by Crippen LogP contribution is 2.39.